The summed E-state index contributed by atoms with van der Waals surface area (Å²) in [4.78, 5) is 51.5. The molecule has 4 heterocycles. The average Bonchev–Trinajstić information content (AvgIpc) is 3.36. The maximum absolute atomic E-state index is 12.9. The summed E-state index contributed by atoms with van der Waals surface area (Å²) in [5, 5.41) is 19.8. The SMILES string of the molecule is Cc1nc(CON=C(C(=O)NC2C(=O)N3C(C(=O)O)=CCS[C@@H]23)c2csc(N)n2)cs1.Cl. The van der Waals surface area contributed by atoms with Gasteiger partial charge >= 0.3 is 5.97 Å². The number of carbonyl (C=O) groups excluding carboxylic acids is 2. The van der Waals surface area contributed by atoms with Crippen LogP contribution in [0.15, 0.2) is 27.7 Å². The molecule has 1 unspecified atom stereocenters. The number of amides is 2. The van der Waals surface area contributed by atoms with E-state index >= 15 is 0 Å². The van der Waals surface area contributed by atoms with E-state index in [1.165, 1.54) is 34.1 Å². The fourth-order valence-electron chi connectivity index (χ4n) is 2.99. The second-order valence-electron chi connectivity index (χ2n) is 6.42. The van der Waals surface area contributed by atoms with Crippen LogP contribution in [-0.2, 0) is 25.8 Å². The summed E-state index contributed by atoms with van der Waals surface area (Å²) < 4.78 is 0. The number of thiazole rings is 2. The number of carboxylic acid groups (broad SMARTS) is 1. The molecule has 2 aromatic rings. The molecule has 1 fully saturated rings. The number of aliphatic carboxylic acids is 1. The van der Waals surface area contributed by atoms with Gasteiger partial charge < -0.3 is 21.0 Å². The molecule has 0 spiro atoms. The summed E-state index contributed by atoms with van der Waals surface area (Å²) in [6.07, 6.45) is 1.47. The third kappa shape index (κ3) is 4.72. The van der Waals surface area contributed by atoms with E-state index in [-0.39, 0.29) is 41.2 Å². The number of halogens is 1. The minimum Gasteiger partial charge on any atom is -0.477 e. The third-order valence-corrected chi connectivity index (χ3v) is 7.05. The van der Waals surface area contributed by atoms with Crippen molar-refractivity contribution in [1.82, 2.24) is 20.2 Å². The molecule has 4 rings (SSSR count). The smallest absolute Gasteiger partial charge is 0.352 e. The average molecular weight is 517 g/mol. The number of anilines is 1. The molecule has 11 nitrogen and oxygen atoms in total. The van der Waals surface area contributed by atoms with Gasteiger partial charge in [-0.2, -0.15) is 0 Å². The van der Waals surface area contributed by atoms with Crippen LogP contribution in [0.4, 0.5) is 5.13 Å². The number of nitrogen functional groups attached to an aromatic ring is 1. The molecule has 0 aromatic carbocycles. The van der Waals surface area contributed by atoms with Crippen molar-refractivity contribution >= 4 is 75.5 Å². The van der Waals surface area contributed by atoms with E-state index in [9.17, 15) is 19.5 Å². The number of thioether (sulfide) groups is 1. The summed E-state index contributed by atoms with van der Waals surface area (Å²) in [7, 11) is 0. The lowest BCUT2D eigenvalue weighted by Gasteiger charge is -2.48. The Bertz CT molecular complexity index is 1120. The lowest BCUT2D eigenvalue weighted by atomic mass is 10.0. The first-order valence-corrected chi connectivity index (χ1v) is 11.7. The van der Waals surface area contributed by atoms with Gasteiger partial charge in [0.1, 0.15) is 22.8 Å². The maximum atomic E-state index is 12.9. The highest BCUT2D eigenvalue weighted by atomic mass is 35.5. The van der Waals surface area contributed by atoms with E-state index in [4.69, 9.17) is 10.6 Å². The Labute approximate surface area is 200 Å². The molecule has 32 heavy (non-hydrogen) atoms. The molecule has 0 saturated carbocycles. The fraction of sp³-hybridized carbons (Fsp3) is 0.294. The Kier molecular flexibility index (Phi) is 7.38. The first kappa shape index (κ1) is 24.0. The largest absolute Gasteiger partial charge is 0.477 e. The van der Waals surface area contributed by atoms with E-state index in [2.05, 4.69) is 20.4 Å². The van der Waals surface area contributed by atoms with Crippen molar-refractivity contribution < 1.29 is 24.3 Å². The van der Waals surface area contributed by atoms with Crippen LogP contribution in [0.3, 0.4) is 0 Å². The topological polar surface area (TPSA) is 160 Å². The number of β-lactam (4-membered cyclic amide) rings is 1. The summed E-state index contributed by atoms with van der Waals surface area (Å²) in [6, 6.07) is -0.886. The summed E-state index contributed by atoms with van der Waals surface area (Å²) in [5.74, 6) is -1.95. The van der Waals surface area contributed by atoms with E-state index in [1.807, 2.05) is 12.3 Å². The number of aromatic nitrogens is 2. The summed E-state index contributed by atoms with van der Waals surface area (Å²) >= 11 is 3.95. The van der Waals surface area contributed by atoms with Gasteiger partial charge in [-0.15, -0.1) is 46.8 Å². The van der Waals surface area contributed by atoms with E-state index in [1.54, 1.807) is 5.38 Å². The van der Waals surface area contributed by atoms with Crippen LogP contribution in [0, 0.1) is 6.92 Å². The molecule has 2 amide bonds. The van der Waals surface area contributed by atoms with Gasteiger partial charge in [0.2, 0.25) is 0 Å². The highest BCUT2D eigenvalue weighted by molar-refractivity contribution is 8.00. The van der Waals surface area contributed by atoms with Crippen molar-refractivity contribution in [3.05, 3.63) is 38.9 Å². The maximum Gasteiger partial charge on any atom is 0.352 e. The molecule has 1 saturated heterocycles. The molecule has 2 atom stereocenters. The fourth-order valence-corrected chi connectivity index (χ4v) is 5.33. The molecule has 15 heteroatoms. The van der Waals surface area contributed by atoms with E-state index in [0.717, 1.165) is 16.3 Å². The lowest BCUT2D eigenvalue weighted by Crippen LogP contribution is -2.70. The first-order valence-electron chi connectivity index (χ1n) is 8.86. The van der Waals surface area contributed by atoms with Crippen LogP contribution in [0.5, 0.6) is 0 Å². The van der Waals surface area contributed by atoms with Crippen molar-refractivity contribution in [2.24, 2.45) is 5.16 Å². The Morgan fingerprint density at radius 3 is 2.78 bits per heavy atom. The lowest BCUT2D eigenvalue weighted by molar-refractivity contribution is -0.150. The van der Waals surface area contributed by atoms with Crippen LogP contribution in [-0.4, -0.2) is 60.6 Å². The Balaban J connectivity index is 0.00000289. The van der Waals surface area contributed by atoms with Gasteiger partial charge in [0, 0.05) is 16.5 Å². The van der Waals surface area contributed by atoms with Crippen molar-refractivity contribution in [2.75, 3.05) is 11.5 Å². The van der Waals surface area contributed by atoms with E-state index in [0.29, 0.717) is 11.4 Å². The van der Waals surface area contributed by atoms with Crippen LogP contribution in [0.1, 0.15) is 16.4 Å². The number of rotatable bonds is 7. The van der Waals surface area contributed by atoms with Crippen LogP contribution in [0.25, 0.3) is 0 Å². The summed E-state index contributed by atoms with van der Waals surface area (Å²) in [6.45, 7) is 1.92. The quantitative estimate of drug-likeness (QED) is 0.279. The predicted molar refractivity (Wildman–Crippen MR) is 123 cm³/mol. The number of aryl methyl sites for hydroxylation is 1. The number of fused-ring (bicyclic) bond motifs is 1. The highest BCUT2D eigenvalue weighted by Gasteiger charge is 2.53. The van der Waals surface area contributed by atoms with Crippen molar-refractivity contribution in [2.45, 2.75) is 24.9 Å². The zero-order valence-corrected chi connectivity index (χ0v) is 19.6. The van der Waals surface area contributed by atoms with Crippen LogP contribution in [0.2, 0.25) is 0 Å². The van der Waals surface area contributed by atoms with Gasteiger partial charge in [-0.25, -0.2) is 14.8 Å². The zero-order chi connectivity index (χ0) is 22.1. The zero-order valence-electron chi connectivity index (χ0n) is 16.4. The molecule has 4 N–H and O–H groups in total. The van der Waals surface area contributed by atoms with Crippen molar-refractivity contribution in [3.63, 3.8) is 0 Å². The molecule has 170 valence electrons. The van der Waals surface area contributed by atoms with Gasteiger partial charge in [0.05, 0.1) is 10.7 Å². The normalized spacial score (nSPS) is 19.9. The van der Waals surface area contributed by atoms with Gasteiger partial charge in [-0.05, 0) is 13.0 Å². The van der Waals surface area contributed by atoms with Crippen molar-refractivity contribution in [3.8, 4) is 0 Å². The molecular weight excluding hydrogens is 500 g/mol. The molecule has 2 aliphatic heterocycles. The minimum atomic E-state index is -1.19. The molecule has 0 bridgehead atoms. The van der Waals surface area contributed by atoms with Gasteiger partial charge in [0.25, 0.3) is 11.8 Å². The number of oxime groups is 1. The van der Waals surface area contributed by atoms with Crippen LogP contribution < -0.4 is 11.1 Å². The Morgan fingerprint density at radius 2 is 2.16 bits per heavy atom. The first-order chi connectivity index (χ1) is 14.8. The Morgan fingerprint density at radius 1 is 1.38 bits per heavy atom. The highest BCUT2D eigenvalue weighted by Crippen LogP contribution is 2.37. The third-order valence-electron chi connectivity index (χ3n) is 4.37. The molecule has 0 radical (unpaired) electrons. The number of carbonyl (C=O) groups is 3. The van der Waals surface area contributed by atoms with Gasteiger partial charge in [-0.1, -0.05) is 5.16 Å². The Hall–Kier alpha value is -2.68. The minimum absolute atomic E-state index is 0. The van der Waals surface area contributed by atoms with Crippen LogP contribution >= 0.6 is 46.8 Å². The van der Waals surface area contributed by atoms with E-state index < -0.39 is 29.2 Å². The number of nitrogens with zero attached hydrogens (tertiary/aromatic N) is 4. The number of hydrogen-bond acceptors (Lipinski definition) is 11. The molecular formula is C17H17ClN6O5S3. The predicted octanol–water partition coefficient (Wildman–Crippen LogP) is 1.20. The molecule has 2 aliphatic rings. The second kappa shape index (κ2) is 9.85. The monoisotopic (exact) mass is 516 g/mol. The number of hydrogen-bond donors (Lipinski definition) is 3. The van der Waals surface area contributed by atoms with Gasteiger partial charge in [-0.3, -0.25) is 14.5 Å². The van der Waals surface area contributed by atoms with Crippen molar-refractivity contribution in [1.29, 1.82) is 0 Å². The molecule has 2 aromatic heterocycles. The standard InChI is InChI=1S/C17H16N6O5S3.ClH/c1-7-19-8(5-30-7)4-28-22-11(9-6-31-17(18)20-9)13(24)21-12-14(25)23-10(16(26)27)2-3-29-15(12)23;/h2,5-6,12,15H,3-4H2,1H3,(H2,18,20)(H,21,24)(H,26,27);1H/t12?,15-;/m0./s1. The number of nitrogens with two attached hydrogens (primary N) is 1. The number of carboxylic acids is 1. The summed E-state index contributed by atoms with van der Waals surface area (Å²) in [5.41, 5.74) is 6.33. The number of nitrogens with one attached hydrogen (secondary N) is 1. The second-order valence-corrected chi connectivity index (χ2v) is 9.52. The molecule has 0 aliphatic carbocycles. The van der Waals surface area contributed by atoms with Gasteiger partial charge in [0.15, 0.2) is 17.5 Å².